The largest absolute Gasteiger partial charge is 0.497 e. The molecule has 0 aliphatic carbocycles. The van der Waals surface area contributed by atoms with Crippen molar-refractivity contribution in [2.24, 2.45) is 5.92 Å². The number of rotatable bonds is 4. The van der Waals surface area contributed by atoms with Gasteiger partial charge in [-0.1, -0.05) is 11.3 Å². The topological polar surface area (TPSA) is 54.5 Å². The summed E-state index contributed by atoms with van der Waals surface area (Å²) in [6.07, 6.45) is -3.74. The van der Waals surface area contributed by atoms with Crippen LogP contribution in [0.1, 0.15) is 18.4 Å². The van der Waals surface area contributed by atoms with Gasteiger partial charge in [-0.15, -0.1) is 0 Å². The van der Waals surface area contributed by atoms with Crippen molar-refractivity contribution in [3.05, 3.63) is 47.8 Å². The molecule has 0 saturated carbocycles. The van der Waals surface area contributed by atoms with Crippen molar-refractivity contribution in [3.8, 4) is 5.75 Å². The van der Waals surface area contributed by atoms with E-state index < -0.39 is 17.6 Å². The van der Waals surface area contributed by atoms with Crippen LogP contribution in [0, 0.1) is 11.7 Å². The van der Waals surface area contributed by atoms with Crippen molar-refractivity contribution in [3.63, 3.8) is 0 Å². The normalized spacial score (nSPS) is 15.3. The zero-order valence-corrected chi connectivity index (χ0v) is 17.3. The van der Waals surface area contributed by atoms with Crippen molar-refractivity contribution >= 4 is 38.3 Å². The Bertz CT molecular complexity index is 1110. The Hall–Kier alpha value is -2.88. The second-order valence-corrected chi connectivity index (χ2v) is 8.28. The van der Waals surface area contributed by atoms with E-state index in [-0.39, 0.29) is 17.5 Å². The molecular formula is C21H19F4N3O2S. The minimum absolute atomic E-state index is 0.0683. The summed E-state index contributed by atoms with van der Waals surface area (Å²) in [5.74, 6) is -1.32. The van der Waals surface area contributed by atoms with Crippen molar-refractivity contribution in [1.29, 1.82) is 0 Å². The lowest BCUT2D eigenvalue weighted by atomic mass is 9.96. The number of thiazole rings is 1. The zero-order chi connectivity index (χ0) is 22.2. The second-order valence-electron chi connectivity index (χ2n) is 7.27. The third-order valence-corrected chi connectivity index (χ3v) is 6.34. The summed E-state index contributed by atoms with van der Waals surface area (Å²) in [5, 5.41) is 3.35. The van der Waals surface area contributed by atoms with Crippen LogP contribution >= 0.6 is 11.3 Å². The molecule has 0 unspecified atom stereocenters. The molecule has 1 saturated heterocycles. The summed E-state index contributed by atoms with van der Waals surface area (Å²) in [4.78, 5) is 19.3. The Morgan fingerprint density at radius 3 is 2.61 bits per heavy atom. The molecule has 1 amide bonds. The van der Waals surface area contributed by atoms with Gasteiger partial charge in [0, 0.05) is 24.7 Å². The van der Waals surface area contributed by atoms with Gasteiger partial charge in [-0.3, -0.25) is 4.79 Å². The maximum Gasteiger partial charge on any atom is 0.419 e. The summed E-state index contributed by atoms with van der Waals surface area (Å²) >= 11 is 1.54. The number of piperidine rings is 1. The fourth-order valence-electron chi connectivity index (χ4n) is 3.55. The number of benzene rings is 2. The van der Waals surface area contributed by atoms with Gasteiger partial charge in [0.2, 0.25) is 5.91 Å². The van der Waals surface area contributed by atoms with Crippen molar-refractivity contribution in [1.82, 2.24) is 4.98 Å². The molecule has 0 bridgehead atoms. The van der Waals surface area contributed by atoms with Gasteiger partial charge in [0.05, 0.1) is 22.9 Å². The Morgan fingerprint density at radius 2 is 1.94 bits per heavy atom. The molecule has 10 heteroatoms. The molecule has 0 spiro atoms. The monoisotopic (exact) mass is 453 g/mol. The van der Waals surface area contributed by atoms with E-state index in [0.29, 0.717) is 38.1 Å². The zero-order valence-electron chi connectivity index (χ0n) is 16.5. The van der Waals surface area contributed by atoms with Crippen molar-refractivity contribution in [2.75, 3.05) is 30.4 Å². The molecule has 1 N–H and O–H groups in total. The molecule has 1 aliphatic heterocycles. The number of hydrogen-bond acceptors (Lipinski definition) is 5. The number of nitrogens with zero attached hydrogens (tertiary/aromatic N) is 2. The molecule has 2 aromatic carbocycles. The van der Waals surface area contributed by atoms with Crippen LogP contribution in [0.4, 0.5) is 28.4 Å². The smallest absolute Gasteiger partial charge is 0.419 e. The quantitative estimate of drug-likeness (QED) is 0.544. The van der Waals surface area contributed by atoms with Crippen LogP contribution in [-0.4, -0.2) is 31.1 Å². The molecule has 0 radical (unpaired) electrons. The summed E-state index contributed by atoms with van der Waals surface area (Å²) < 4.78 is 58.3. The first-order valence-corrected chi connectivity index (χ1v) is 10.4. The van der Waals surface area contributed by atoms with E-state index in [1.54, 1.807) is 18.4 Å². The molecule has 1 aromatic heterocycles. The van der Waals surface area contributed by atoms with Gasteiger partial charge in [0.1, 0.15) is 11.6 Å². The average molecular weight is 453 g/mol. The van der Waals surface area contributed by atoms with Crippen LogP contribution in [0.15, 0.2) is 36.4 Å². The van der Waals surface area contributed by atoms with Gasteiger partial charge in [-0.2, -0.15) is 13.2 Å². The van der Waals surface area contributed by atoms with E-state index >= 15 is 0 Å². The van der Waals surface area contributed by atoms with Crippen LogP contribution in [0.2, 0.25) is 0 Å². The number of ether oxygens (including phenoxy) is 1. The van der Waals surface area contributed by atoms with E-state index in [1.165, 1.54) is 0 Å². The highest BCUT2D eigenvalue weighted by molar-refractivity contribution is 7.22. The minimum atomic E-state index is -4.82. The number of alkyl halides is 3. The summed E-state index contributed by atoms with van der Waals surface area (Å²) in [6, 6.07) is 8.14. The van der Waals surface area contributed by atoms with E-state index in [2.05, 4.69) is 15.2 Å². The van der Waals surface area contributed by atoms with Crippen LogP contribution in [-0.2, 0) is 11.0 Å². The lowest BCUT2D eigenvalue weighted by Gasteiger charge is -2.31. The molecule has 4 rings (SSSR count). The molecule has 2 heterocycles. The highest BCUT2D eigenvalue weighted by Gasteiger charge is 2.34. The number of methoxy groups -OCH3 is 1. The number of halogens is 4. The Labute approximate surface area is 179 Å². The number of carbonyl (C=O) groups excluding carboxylic acids is 1. The van der Waals surface area contributed by atoms with E-state index in [1.807, 2.05) is 18.2 Å². The first kappa shape index (κ1) is 21.4. The van der Waals surface area contributed by atoms with E-state index in [0.717, 1.165) is 27.2 Å². The minimum Gasteiger partial charge on any atom is -0.497 e. The standard InChI is InChI=1S/C21H19F4N3O2S/c1-30-14-3-5-17-18(11-14)31-20(27-17)28-8-6-12(7-9-28)19(29)26-13-2-4-16(22)15(10-13)21(23,24)25/h2-5,10-12H,6-9H2,1H3,(H,26,29). The Balaban J connectivity index is 1.39. The van der Waals surface area contributed by atoms with Crippen LogP contribution in [0.5, 0.6) is 5.75 Å². The number of hydrogen-bond donors (Lipinski definition) is 1. The van der Waals surface area contributed by atoms with Gasteiger partial charge in [0.15, 0.2) is 5.13 Å². The van der Waals surface area contributed by atoms with E-state index in [4.69, 9.17) is 4.74 Å². The molecule has 5 nitrogen and oxygen atoms in total. The second kappa shape index (κ2) is 8.33. The highest BCUT2D eigenvalue weighted by atomic mass is 32.1. The summed E-state index contributed by atoms with van der Waals surface area (Å²) in [5.41, 5.74) is -0.591. The predicted octanol–water partition coefficient (Wildman–Crippen LogP) is 5.32. The van der Waals surface area contributed by atoms with Gasteiger partial charge >= 0.3 is 6.18 Å². The van der Waals surface area contributed by atoms with Gasteiger partial charge in [0.25, 0.3) is 0 Å². The van der Waals surface area contributed by atoms with Gasteiger partial charge in [-0.25, -0.2) is 9.37 Å². The van der Waals surface area contributed by atoms with Crippen LogP contribution in [0.3, 0.4) is 0 Å². The lowest BCUT2D eigenvalue weighted by molar-refractivity contribution is -0.140. The fraction of sp³-hybridized carbons (Fsp3) is 0.333. The van der Waals surface area contributed by atoms with Gasteiger partial charge < -0.3 is 15.0 Å². The number of nitrogens with one attached hydrogen (secondary N) is 1. The molecular weight excluding hydrogens is 434 g/mol. The molecule has 0 atom stereocenters. The molecule has 1 aliphatic rings. The lowest BCUT2D eigenvalue weighted by Crippen LogP contribution is -2.38. The third kappa shape index (κ3) is 4.58. The number of anilines is 2. The first-order chi connectivity index (χ1) is 14.7. The first-order valence-electron chi connectivity index (χ1n) is 9.62. The number of carbonyl (C=O) groups is 1. The number of amides is 1. The maximum absolute atomic E-state index is 13.4. The number of fused-ring (bicyclic) bond motifs is 1. The van der Waals surface area contributed by atoms with Gasteiger partial charge in [-0.05, 0) is 49.2 Å². The molecule has 164 valence electrons. The highest BCUT2D eigenvalue weighted by Crippen LogP contribution is 2.35. The van der Waals surface area contributed by atoms with Crippen molar-refractivity contribution in [2.45, 2.75) is 19.0 Å². The molecule has 1 fully saturated rings. The maximum atomic E-state index is 13.4. The van der Waals surface area contributed by atoms with E-state index in [9.17, 15) is 22.4 Å². The SMILES string of the molecule is COc1ccc2nc(N3CCC(C(=O)Nc4ccc(F)c(C(F)(F)F)c4)CC3)sc2c1. The summed E-state index contributed by atoms with van der Waals surface area (Å²) in [7, 11) is 1.61. The van der Waals surface area contributed by atoms with Crippen molar-refractivity contribution < 1.29 is 27.1 Å². The predicted molar refractivity (Wildman–Crippen MR) is 111 cm³/mol. The van der Waals surface area contributed by atoms with Crippen LogP contribution < -0.4 is 15.0 Å². The fourth-order valence-corrected chi connectivity index (χ4v) is 4.60. The Kier molecular flexibility index (Phi) is 5.74. The number of aromatic nitrogens is 1. The van der Waals surface area contributed by atoms with Crippen LogP contribution in [0.25, 0.3) is 10.2 Å². The molecule has 31 heavy (non-hydrogen) atoms. The summed E-state index contributed by atoms with van der Waals surface area (Å²) in [6.45, 7) is 1.21. The molecule has 3 aromatic rings. The Morgan fingerprint density at radius 1 is 1.19 bits per heavy atom. The average Bonchev–Trinajstić information content (AvgIpc) is 3.17. The third-order valence-electron chi connectivity index (χ3n) is 5.26.